The number of nitrogens with one attached hydrogen (secondary N) is 2. The maximum atomic E-state index is 13.2. The second-order valence-electron chi connectivity index (χ2n) is 8.81. The molecule has 37 heavy (non-hydrogen) atoms. The Balaban J connectivity index is 1.16. The Hall–Kier alpha value is -4.55. The van der Waals surface area contributed by atoms with E-state index in [-0.39, 0.29) is 0 Å². The first kappa shape index (κ1) is 24.2. The molecule has 12 nitrogen and oxygen atoms in total. The van der Waals surface area contributed by atoms with E-state index in [2.05, 4.69) is 35.6 Å². The number of hydrogen-bond donors (Lipinski definition) is 2. The largest absolute Gasteiger partial charge is 0.441 e. The van der Waals surface area contributed by atoms with Gasteiger partial charge in [0.2, 0.25) is 5.95 Å². The zero-order valence-corrected chi connectivity index (χ0v) is 20.7. The molecule has 192 valence electrons. The lowest BCUT2D eigenvalue weighted by Crippen LogP contribution is -2.49. The zero-order valence-electron chi connectivity index (χ0n) is 20.7. The van der Waals surface area contributed by atoms with Gasteiger partial charge in [0.05, 0.1) is 12.4 Å². The van der Waals surface area contributed by atoms with E-state index >= 15 is 0 Å². The predicted molar refractivity (Wildman–Crippen MR) is 133 cm³/mol. The molecule has 4 aromatic heterocycles. The molecule has 5 heterocycles. The fraction of sp³-hybridized carbons (Fsp3) is 0.333. The first-order valence-electron chi connectivity index (χ1n) is 11.9. The van der Waals surface area contributed by atoms with E-state index in [0.717, 1.165) is 23.1 Å². The van der Waals surface area contributed by atoms with Crippen molar-refractivity contribution in [1.82, 2.24) is 39.8 Å². The highest BCUT2D eigenvalue weighted by Crippen LogP contribution is 2.21. The number of pyridine rings is 1. The van der Waals surface area contributed by atoms with Crippen molar-refractivity contribution in [3.8, 4) is 5.82 Å². The lowest BCUT2D eigenvalue weighted by molar-refractivity contribution is 0.0678. The van der Waals surface area contributed by atoms with Crippen molar-refractivity contribution in [2.24, 2.45) is 0 Å². The fourth-order valence-electron chi connectivity index (χ4n) is 3.95. The maximum Gasteiger partial charge on any atom is 0.410 e. The third kappa shape index (κ3) is 5.66. The van der Waals surface area contributed by atoms with E-state index < -0.39 is 18.0 Å². The molecule has 1 aliphatic heterocycles. The molecule has 13 heteroatoms. The number of aromatic nitrogens is 7. The van der Waals surface area contributed by atoms with Crippen LogP contribution in [0.1, 0.15) is 30.0 Å². The number of halogens is 1. The highest BCUT2D eigenvalue weighted by Gasteiger charge is 2.25. The van der Waals surface area contributed by atoms with Crippen LogP contribution in [0.2, 0.25) is 0 Å². The Kier molecular flexibility index (Phi) is 6.66. The summed E-state index contributed by atoms with van der Waals surface area (Å²) in [4.78, 5) is 30.0. The van der Waals surface area contributed by atoms with Gasteiger partial charge in [0.15, 0.2) is 17.5 Å². The van der Waals surface area contributed by atoms with Crippen LogP contribution in [-0.4, -0.2) is 72.1 Å². The summed E-state index contributed by atoms with van der Waals surface area (Å²) >= 11 is 0. The van der Waals surface area contributed by atoms with Crippen molar-refractivity contribution in [2.75, 3.05) is 36.4 Å². The standard InChI is InChI=1S/C24H27FN10O2/c1-15-10-20(29-21-11-16(2)31-32-21)30-23(28-15)33-6-8-34(9-7-33)24(36)37-17(3)18-4-5-22(26-12-18)35-14-19(25)13-27-35/h4-5,10-14,17H,6-9H2,1-3H3,(H2,28,29,30,31,32)/t17-/m1/s1. The van der Waals surface area contributed by atoms with Gasteiger partial charge in [0.25, 0.3) is 0 Å². The Bertz CT molecular complexity index is 1380. The lowest BCUT2D eigenvalue weighted by atomic mass is 10.2. The Morgan fingerprint density at radius 3 is 2.57 bits per heavy atom. The maximum absolute atomic E-state index is 13.2. The number of carbonyl (C=O) groups is 1. The minimum atomic E-state index is -0.499. The Morgan fingerprint density at radius 2 is 1.92 bits per heavy atom. The summed E-state index contributed by atoms with van der Waals surface area (Å²) in [5, 5.41) is 14.2. The molecule has 0 radical (unpaired) electrons. The normalized spacial score (nSPS) is 14.5. The van der Waals surface area contributed by atoms with E-state index in [9.17, 15) is 9.18 Å². The van der Waals surface area contributed by atoms with Crippen molar-refractivity contribution in [2.45, 2.75) is 26.9 Å². The molecule has 0 saturated carbocycles. The number of hydrogen-bond acceptors (Lipinski definition) is 9. The van der Waals surface area contributed by atoms with Gasteiger partial charge < -0.3 is 19.9 Å². The molecule has 4 aromatic rings. The molecule has 1 amide bonds. The number of rotatable bonds is 6. The van der Waals surface area contributed by atoms with Gasteiger partial charge in [-0.2, -0.15) is 15.2 Å². The van der Waals surface area contributed by atoms with Gasteiger partial charge in [-0.15, -0.1) is 0 Å². The summed E-state index contributed by atoms with van der Waals surface area (Å²) in [6, 6.07) is 7.23. The van der Waals surface area contributed by atoms with E-state index in [1.165, 1.54) is 10.9 Å². The monoisotopic (exact) mass is 506 g/mol. The number of nitrogens with zero attached hydrogens (tertiary/aromatic N) is 8. The predicted octanol–water partition coefficient (Wildman–Crippen LogP) is 3.30. The number of ether oxygens (including phenoxy) is 1. The molecule has 2 N–H and O–H groups in total. The fourth-order valence-corrected chi connectivity index (χ4v) is 3.95. The smallest absolute Gasteiger partial charge is 0.410 e. The molecule has 1 saturated heterocycles. The number of amides is 1. The van der Waals surface area contributed by atoms with Gasteiger partial charge in [-0.05, 0) is 26.8 Å². The van der Waals surface area contributed by atoms with Crippen LogP contribution in [0.25, 0.3) is 5.82 Å². The van der Waals surface area contributed by atoms with Crippen LogP contribution in [0.4, 0.5) is 26.8 Å². The quantitative estimate of drug-likeness (QED) is 0.404. The summed E-state index contributed by atoms with van der Waals surface area (Å²) in [7, 11) is 0. The number of H-pyrrole nitrogens is 1. The minimum Gasteiger partial charge on any atom is -0.441 e. The van der Waals surface area contributed by atoms with Gasteiger partial charge in [0.1, 0.15) is 11.9 Å². The average Bonchev–Trinajstić information content (AvgIpc) is 3.51. The second kappa shape index (κ2) is 10.2. The van der Waals surface area contributed by atoms with Crippen LogP contribution >= 0.6 is 0 Å². The number of aryl methyl sites for hydroxylation is 2. The molecule has 5 rings (SSSR count). The topological polar surface area (TPSA) is 130 Å². The summed E-state index contributed by atoms with van der Waals surface area (Å²) in [5.41, 5.74) is 2.50. The van der Waals surface area contributed by atoms with Crippen molar-refractivity contribution in [3.63, 3.8) is 0 Å². The van der Waals surface area contributed by atoms with Crippen LogP contribution in [-0.2, 0) is 4.74 Å². The van der Waals surface area contributed by atoms with Crippen LogP contribution < -0.4 is 10.2 Å². The molecule has 1 fully saturated rings. The lowest BCUT2D eigenvalue weighted by Gasteiger charge is -2.34. The molecule has 0 spiro atoms. The number of aromatic amines is 1. The SMILES string of the molecule is Cc1cc(Nc2cc(C)[nH]n2)nc(N2CCN(C(=O)O[C@H](C)c3ccc(-n4cc(F)cn4)nc3)CC2)n1. The van der Waals surface area contributed by atoms with Crippen LogP contribution in [0, 0.1) is 19.7 Å². The molecular formula is C24H27FN10O2. The highest BCUT2D eigenvalue weighted by molar-refractivity contribution is 5.68. The van der Waals surface area contributed by atoms with Gasteiger partial charge in [-0.3, -0.25) is 5.10 Å². The summed E-state index contributed by atoms with van der Waals surface area (Å²) in [6.07, 6.45) is 3.05. The first-order valence-corrected chi connectivity index (χ1v) is 11.9. The second-order valence-corrected chi connectivity index (χ2v) is 8.81. The van der Waals surface area contributed by atoms with Crippen LogP contribution in [0.5, 0.6) is 0 Å². The van der Waals surface area contributed by atoms with Crippen molar-refractivity contribution >= 4 is 23.7 Å². The minimum absolute atomic E-state index is 0.396. The van der Waals surface area contributed by atoms with E-state index in [0.29, 0.717) is 49.6 Å². The van der Waals surface area contributed by atoms with Gasteiger partial charge in [0, 0.05) is 61.5 Å². The summed E-state index contributed by atoms with van der Waals surface area (Å²) in [5.74, 6) is 1.96. The van der Waals surface area contributed by atoms with E-state index in [4.69, 9.17) is 4.74 Å². The number of anilines is 3. The van der Waals surface area contributed by atoms with Gasteiger partial charge in [-0.25, -0.2) is 23.8 Å². The zero-order chi connectivity index (χ0) is 25.9. The van der Waals surface area contributed by atoms with Crippen LogP contribution in [0.3, 0.4) is 0 Å². The number of carbonyl (C=O) groups excluding carboxylic acids is 1. The van der Waals surface area contributed by atoms with Crippen molar-refractivity contribution < 1.29 is 13.9 Å². The molecule has 1 atom stereocenters. The van der Waals surface area contributed by atoms with Gasteiger partial charge >= 0.3 is 6.09 Å². The molecule has 0 aliphatic carbocycles. The first-order chi connectivity index (χ1) is 17.8. The molecule has 0 unspecified atom stereocenters. The highest BCUT2D eigenvalue weighted by atomic mass is 19.1. The molecular weight excluding hydrogens is 479 g/mol. The molecule has 1 aliphatic rings. The third-order valence-corrected chi connectivity index (χ3v) is 5.93. The summed E-state index contributed by atoms with van der Waals surface area (Å²) < 4.78 is 20.2. The summed E-state index contributed by atoms with van der Waals surface area (Å²) in [6.45, 7) is 7.73. The average molecular weight is 507 g/mol. The third-order valence-electron chi connectivity index (χ3n) is 5.93. The number of piperazine rings is 1. The van der Waals surface area contributed by atoms with E-state index in [1.54, 1.807) is 30.2 Å². The van der Waals surface area contributed by atoms with Crippen molar-refractivity contribution in [3.05, 3.63) is 65.6 Å². The Labute approximate surface area is 212 Å². The van der Waals surface area contributed by atoms with Crippen molar-refractivity contribution in [1.29, 1.82) is 0 Å². The van der Waals surface area contributed by atoms with Gasteiger partial charge in [-0.1, -0.05) is 6.07 Å². The van der Waals surface area contributed by atoms with Crippen LogP contribution in [0.15, 0.2) is 42.9 Å². The Morgan fingerprint density at radius 1 is 1.11 bits per heavy atom. The molecule has 0 bridgehead atoms. The molecule has 0 aromatic carbocycles. The van der Waals surface area contributed by atoms with E-state index in [1.807, 2.05) is 30.9 Å².